The van der Waals surface area contributed by atoms with Crippen molar-refractivity contribution in [2.45, 2.75) is 33.4 Å². The molecule has 0 radical (unpaired) electrons. The molecule has 1 aromatic rings. The van der Waals surface area contributed by atoms with Gasteiger partial charge in [-0.25, -0.2) is 0 Å². The number of halogens is 1. The molecule has 0 saturated carbocycles. The van der Waals surface area contributed by atoms with Gasteiger partial charge in [-0.3, -0.25) is 4.68 Å². The van der Waals surface area contributed by atoms with Crippen LogP contribution in [0.2, 0.25) is 0 Å². The van der Waals surface area contributed by atoms with E-state index in [9.17, 15) is 0 Å². The van der Waals surface area contributed by atoms with Crippen molar-refractivity contribution < 1.29 is 4.74 Å². The fourth-order valence-electron chi connectivity index (χ4n) is 1.69. The highest BCUT2D eigenvalue weighted by Gasteiger charge is 2.18. The van der Waals surface area contributed by atoms with Gasteiger partial charge in [-0.05, 0) is 36.3 Å². The maximum atomic E-state index is 5.50. The van der Waals surface area contributed by atoms with Gasteiger partial charge in [0.2, 0.25) is 0 Å². The fraction of sp³-hybridized carbons (Fsp3) is 0.727. The van der Waals surface area contributed by atoms with Gasteiger partial charge in [-0.2, -0.15) is 5.10 Å². The number of hydrogen-bond acceptors (Lipinski definition) is 3. The van der Waals surface area contributed by atoms with Crippen LogP contribution in [0.1, 0.15) is 32.5 Å². The summed E-state index contributed by atoms with van der Waals surface area (Å²) < 4.78 is 8.54. The number of aryl methyl sites for hydroxylation is 1. The van der Waals surface area contributed by atoms with Crippen LogP contribution in [-0.4, -0.2) is 29.5 Å². The van der Waals surface area contributed by atoms with E-state index in [4.69, 9.17) is 4.74 Å². The van der Waals surface area contributed by atoms with Gasteiger partial charge in [-0.15, -0.1) is 0 Å². The predicted octanol–water partition coefficient (Wildman–Crippen LogP) is 2.35. The monoisotopic (exact) mass is 289 g/mol. The number of aromatic nitrogens is 2. The maximum Gasteiger partial charge on any atom is 0.0741 e. The first kappa shape index (κ1) is 13.7. The molecule has 1 aromatic heterocycles. The number of rotatable bonds is 7. The number of hydrogen-bond donors (Lipinski definition) is 1. The Balaban J connectivity index is 2.85. The van der Waals surface area contributed by atoms with Crippen molar-refractivity contribution in [3.8, 4) is 0 Å². The van der Waals surface area contributed by atoms with Gasteiger partial charge in [0.05, 0.1) is 29.0 Å². The Bertz CT molecular complexity index is 314. The average molecular weight is 290 g/mol. The first-order valence-corrected chi connectivity index (χ1v) is 6.56. The van der Waals surface area contributed by atoms with Crippen LogP contribution in [0, 0.1) is 0 Å². The number of nitrogens with one attached hydrogen (secondary N) is 1. The van der Waals surface area contributed by atoms with Crippen LogP contribution >= 0.6 is 15.9 Å². The summed E-state index contributed by atoms with van der Waals surface area (Å²) in [7, 11) is 0. The highest BCUT2D eigenvalue weighted by Crippen LogP contribution is 2.23. The summed E-state index contributed by atoms with van der Waals surface area (Å²) in [6.45, 7) is 9.39. The lowest BCUT2D eigenvalue weighted by Gasteiger charge is -2.19. The van der Waals surface area contributed by atoms with E-state index >= 15 is 0 Å². The summed E-state index contributed by atoms with van der Waals surface area (Å²) in [5, 5.41) is 7.74. The van der Waals surface area contributed by atoms with Crippen LogP contribution in [0.3, 0.4) is 0 Å². The summed E-state index contributed by atoms with van der Waals surface area (Å²) in [4.78, 5) is 0. The molecule has 0 fully saturated rings. The molecule has 0 bridgehead atoms. The lowest BCUT2D eigenvalue weighted by molar-refractivity contribution is 0.120. The van der Waals surface area contributed by atoms with Gasteiger partial charge in [0.1, 0.15) is 0 Å². The van der Waals surface area contributed by atoms with Crippen molar-refractivity contribution in [2.75, 3.05) is 19.8 Å². The van der Waals surface area contributed by atoms with Gasteiger partial charge in [0, 0.05) is 13.2 Å². The molecule has 0 amide bonds. The van der Waals surface area contributed by atoms with Crippen molar-refractivity contribution in [2.24, 2.45) is 0 Å². The van der Waals surface area contributed by atoms with Crippen LogP contribution < -0.4 is 5.32 Å². The minimum atomic E-state index is 0.196. The molecule has 92 valence electrons. The zero-order chi connectivity index (χ0) is 12.0. The molecular formula is C11H20BrN3O. The van der Waals surface area contributed by atoms with E-state index in [1.54, 1.807) is 0 Å². The smallest absolute Gasteiger partial charge is 0.0741 e. The third-order valence-electron chi connectivity index (χ3n) is 2.40. The van der Waals surface area contributed by atoms with Gasteiger partial charge in [0.25, 0.3) is 0 Å². The Hall–Kier alpha value is -0.390. The lowest BCUT2D eigenvalue weighted by Crippen LogP contribution is -2.28. The van der Waals surface area contributed by atoms with Crippen LogP contribution in [0.15, 0.2) is 10.7 Å². The van der Waals surface area contributed by atoms with Crippen LogP contribution in [0.4, 0.5) is 0 Å². The summed E-state index contributed by atoms with van der Waals surface area (Å²) in [5.74, 6) is 0. The largest absolute Gasteiger partial charge is 0.380 e. The standard InChI is InChI=1S/C11H20BrN3O/c1-4-13-10(8-16-6-3)11-9(12)7-14-15(11)5-2/h7,10,13H,4-6,8H2,1-3H3. The molecule has 4 nitrogen and oxygen atoms in total. The molecule has 0 saturated heterocycles. The second kappa shape index (κ2) is 7.04. The van der Waals surface area contributed by atoms with Gasteiger partial charge >= 0.3 is 0 Å². The molecular weight excluding hydrogens is 270 g/mol. The topological polar surface area (TPSA) is 39.1 Å². The summed E-state index contributed by atoms with van der Waals surface area (Å²) in [5.41, 5.74) is 1.16. The maximum absolute atomic E-state index is 5.50. The van der Waals surface area contributed by atoms with Crippen molar-refractivity contribution in [1.29, 1.82) is 0 Å². The molecule has 1 N–H and O–H groups in total. The Morgan fingerprint density at radius 2 is 2.25 bits per heavy atom. The normalized spacial score (nSPS) is 13.0. The van der Waals surface area contributed by atoms with Gasteiger partial charge in [-0.1, -0.05) is 6.92 Å². The number of ether oxygens (including phenoxy) is 1. The van der Waals surface area contributed by atoms with E-state index in [0.29, 0.717) is 6.61 Å². The zero-order valence-electron chi connectivity index (χ0n) is 10.2. The number of nitrogens with zero attached hydrogens (tertiary/aromatic N) is 2. The van der Waals surface area contributed by atoms with E-state index in [-0.39, 0.29) is 6.04 Å². The average Bonchev–Trinajstić information content (AvgIpc) is 2.66. The molecule has 1 atom stereocenters. The van der Waals surface area contributed by atoms with Crippen molar-refractivity contribution >= 4 is 15.9 Å². The first-order chi connectivity index (χ1) is 7.74. The van der Waals surface area contributed by atoms with Crippen molar-refractivity contribution in [3.63, 3.8) is 0 Å². The van der Waals surface area contributed by atoms with Crippen LogP contribution in [0.5, 0.6) is 0 Å². The molecule has 16 heavy (non-hydrogen) atoms. The molecule has 0 aliphatic rings. The van der Waals surface area contributed by atoms with Gasteiger partial charge in [0.15, 0.2) is 0 Å². The fourth-order valence-corrected chi connectivity index (χ4v) is 2.26. The molecule has 5 heteroatoms. The molecule has 0 aliphatic carbocycles. The van der Waals surface area contributed by atoms with E-state index < -0.39 is 0 Å². The Kier molecular flexibility index (Phi) is 6.01. The second-order valence-electron chi connectivity index (χ2n) is 3.46. The Labute approximate surface area is 105 Å². The molecule has 0 spiro atoms. The quantitative estimate of drug-likeness (QED) is 0.838. The molecule has 1 rings (SSSR count). The highest BCUT2D eigenvalue weighted by atomic mass is 79.9. The predicted molar refractivity (Wildman–Crippen MR) is 68.5 cm³/mol. The molecule has 1 unspecified atom stereocenters. The summed E-state index contributed by atoms with van der Waals surface area (Å²) in [6.07, 6.45) is 1.84. The third-order valence-corrected chi connectivity index (χ3v) is 3.01. The highest BCUT2D eigenvalue weighted by molar-refractivity contribution is 9.10. The molecule has 1 heterocycles. The van der Waals surface area contributed by atoms with E-state index in [0.717, 1.165) is 29.9 Å². The SMILES string of the molecule is CCNC(COCC)c1c(Br)cnn1CC. The summed E-state index contributed by atoms with van der Waals surface area (Å²) >= 11 is 3.54. The Morgan fingerprint density at radius 1 is 1.50 bits per heavy atom. The summed E-state index contributed by atoms with van der Waals surface area (Å²) in [6, 6.07) is 0.196. The molecule has 0 aliphatic heterocycles. The van der Waals surface area contributed by atoms with Gasteiger partial charge < -0.3 is 10.1 Å². The molecule has 0 aromatic carbocycles. The van der Waals surface area contributed by atoms with E-state index in [1.807, 2.05) is 17.8 Å². The van der Waals surface area contributed by atoms with E-state index in [2.05, 4.69) is 40.2 Å². The van der Waals surface area contributed by atoms with Crippen molar-refractivity contribution in [1.82, 2.24) is 15.1 Å². The minimum absolute atomic E-state index is 0.196. The third kappa shape index (κ3) is 3.30. The van der Waals surface area contributed by atoms with E-state index in [1.165, 1.54) is 0 Å². The van der Waals surface area contributed by atoms with Crippen molar-refractivity contribution in [3.05, 3.63) is 16.4 Å². The number of likely N-dealkylation sites (N-methyl/N-ethyl adjacent to an activating group) is 1. The van der Waals surface area contributed by atoms with Crippen LogP contribution in [-0.2, 0) is 11.3 Å². The minimum Gasteiger partial charge on any atom is -0.380 e. The lowest BCUT2D eigenvalue weighted by atomic mass is 10.2. The first-order valence-electron chi connectivity index (χ1n) is 5.76. The Morgan fingerprint density at radius 3 is 2.81 bits per heavy atom. The zero-order valence-corrected chi connectivity index (χ0v) is 11.7. The second-order valence-corrected chi connectivity index (χ2v) is 4.32. The van der Waals surface area contributed by atoms with Crippen LogP contribution in [0.25, 0.3) is 0 Å².